The molecule has 1 heterocycles. The molecule has 1 saturated heterocycles. The molecular weight excluding hydrogens is 260 g/mol. The predicted octanol–water partition coefficient (Wildman–Crippen LogP) is 2.56. The van der Waals surface area contributed by atoms with Crippen LogP contribution < -0.4 is 5.32 Å². The summed E-state index contributed by atoms with van der Waals surface area (Å²) in [4.78, 5) is 9.69. The van der Waals surface area contributed by atoms with E-state index in [1.165, 1.54) is 45.2 Å². The molecule has 1 saturated carbocycles. The summed E-state index contributed by atoms with van der Waals surface area (Å²) in [6.07, 6.45) is 7.05. The van der Waals surface area contributed by atoms with Crippen LogP contribution in [0.2, 0.25) is 0 Å². The van der Waals surface area contributed by atoms with E-state index in [0.29, 0.717) is 5.41 Å². The first kappa shape index (κ1) is 16.6. The Morgan fingerprint density at radius 3 is 2.48 bits per heavy atom. The lowest BCUT2D eigenvalue weighted by molar-refractivity contribution is 0.204. The molecule has 0 amide bonds. The molecule has 1 N–H and O–H groups in total. The lowest BCUT2D eigenvalue weighted by Gasteiger charge is -2.32. The summed E-state index contributed by atoms with van der Waals surface area (Å²) in [5, 5.41) is 3.50. The zero-order valence-corrected chi connectivity index (χ0v) is 14.7. The molecule has 2 aliphatic rings. The van der Waals surface area contributed by atoms with E-state index >= 15 is 0 Å². The van der Waals surface area contributed by atoms with Gasteiger partial charge in [-0.2, -0.15) is 0 Å². The Morgan fingerprint density at radius 1 is 1.24 bits per heavy atom. The zero-order valence-electron chi connectivity index (χ0n) is 14.7. The van der Waals surface area contributed by atoms with Crippen molar-refractivity contribution in [3.8, 4) is 0 Å². The average molecular weight is 294 g/mol. The van der Waals surface area contributed by atoms with E-state index < -0.39 is 0 Å². The zero-order chi connectivity index (χ0) is 15.5. The highest BCUT2D eigenvalue weighted by Crippen LogP contribution is 2.45. The fraction of sp³-hybridized carbons (Fsp3) is 0.941. The van der Waals surface area contributed by atoms with Gasteiger partial charge < -0.3 is 15.1 Å². The van der Waals surface area contributed by atoms with Crippen LogP contribution in [0.25, 0.3) is 0 Å². The summed E-state index contributed by atoms with van der Waals surface area (Å²) in [5.41, 5.74) is 0.707. The Morgan fingerprint density at radius 2 is 1.90 bits per heavy atom. The molecule has 4 heteroatoms. The normalized spacial score (nSPS) is 22.6. The van der Waals surface area contributed by atoms with Gasteiger partial charge in [-0.1, -0.05) is 12.8 Å². The molecule has 0 aromatic heterocycles. The van der Waals surface area contributed by atoms with Crippen molar-refractivity contribution >= 4 is 5.96 Å². The van der Waals surface area contributed by atoms with E-state index in [0.717, 1.165) is 19.0 Å². The summed E-state index contributed by atoms with van der Waals surface area (Å²) >= 11 is 0. The maximum atomic E-state index is 4.93. The minimum absolute atomic E-state index is 0.103. The van der Waals surface area contributed by atoms with E-state index in [1.54, 1.807) is 0 Å². The van der Waals surface area contributed by atoms with Gasteiger partial charge in [0.25, 0.3) is 0 Å². The van der Waals surface area contributed by atoms with Crippen LogP contribution in [0, 0.1) is 5.41 Å². The Kier molecular flexibility index (Phi) is 5.18. The Hall–Kier alpha value is -0.770. The van der Waals surface area contributed by atoms with E-state index in [-0.39, 0.29) is 5.54 Å². The second-order valence-corrected chi connectivity index (χ2v) is 7.76. The highest BCUT2D eigenvalue weighted by molar-refractivity contribution is 5.80. The van der Waals surface area contributed by atoms with Crippen molar-refractivity contribution < 1.29 is 0 Å². The minimum Gasteiger partial charge on any atom is -0.357 e. The predicted molar refractivity (Wildman–Crippen MR) is 90.8 cm³/mol. The van der Waals surface area contributed by atoms with Crippen LogP contribution >= 0.6 is 0 Å². The fourth-order valence-electron chi connectivity index (χ4n) is 3.48. The SMILES string of the molecule is CCNC(=NCC(C)(C)N(C)C)N1CCC2(CCCC2)C1. The maximum Gasteiger partial charge on any atom is 0.193 e. The van der Waals surface area contributed by atoms with Gasteiger partial charge in [-0.05, 0) is 59.5 Å². The van der Waals surface area contributed by atoms with Crippen LogP contribution in [0.1, 0.15) is 52.9 Å². The molecule has 0 radical (unpaired) electrons. The fourth-order valence-corrected chi connectivity index (χ4v) is 3.48. The van der Waals surface area contributed by atoms with Crippen molar-refractivity contribution in [3.05, 3.63) is 0 Å². The van der Waals surface area contributed by atoms with Crippen molar-refractivity contribution in [3.63, 3.8) is 0 Å². The molecule has 122 valence electrons. The number of likely N-dealkylation sites (tertiary alicyclic amines) is 1. The quantitative estimate of drug-likeness (QED) is 0.638. The van der Waals surface area contributed by atoms with Crippen LogP contribution in [0.4, 0.5) is 0 Å². The first-order valence-electron chi connectivity index (χ1n) is 8.59. The van der Waals surface area contributed by atoms with E-state index in [1.807, 2.05) is 0 Å². The van der Waals surface area contributed by atoms with Crippen molar-refractivity contribution in [1.82, 2.24) is 15.1 Å². The second kappa shape index (κ2) is 6.55. The molecule has 0 aromatic rings. The number of rotatable bonds is 4. The van der Waals surface area contributed by atoms with Gasteiger partial charge in [0.1, 0.15) is 0 Å². The van der Waals surface area contributed by atoms with Gasteiger partial charge in [0.05, 0.1) is 6.54 Å². The van der Waals surface area contributed by atoms with Gasteiger partial charge in [0.2, 0.25) is 0 Å². The van der Waals surface area contributed by atoms with Gasteiger partial charge in [0.15, 0.2) is 5.96 Å². The second-order valence-electron chi connectivity index (χ2n) is 7.76. The van der Waals surface area contributed by atoms with Crippen molar-refractivity contribution in [2.24, 2.45) is 10.4 Å². The lowest BCUT2D eigenvalue weighted by atomic mass is 9.86. The Labute approximate surface area is 131 Å². The third-order valence-electron chi connectivity index (χ3n) is 5.56. The van der Waals surface area contributed by atoms with Crippen LogP contribution in [-0.4, -0.2) is 61.6 Å². The molecule has 2 fully saturated rings. The molecule has 1 aliphatic heterocycles. The first-order valence-corrected chi connectivity index (χ1v) is 8.59. The Balaban J connectivity index is 2.02. The van der Waals surface area contributed by atoms with Crippen molar-refractivity contribution in [2.75, 3.05) is 40.3 Å². The van der Waals surface area contributed by atoms with Gasteiger partial charge in [0, 0.05) is 25.2 Å². The Bertz CT molecular complexity index is 367. The number of likely N-dealkylation sites (N-methyl/N-ethyl adjacent to an activating group) is 1. The van der Waals surface area contributed by atoms with Gasteiger partial charge in [-0.15, -0.1) is 0 Å². The molecule has 0 bridgehead atoms. The first-order chi connectivity index (χ1) is 9.88. The summed E-state index contributed by atoms with van der Waals surface area (Å²) in [7, 11) is 4.26. The number of guanidine groups is 1. The maximum absolute atomic E-state index is 4.93. The third kappa shape index (κ3) is 3.91. The van der Waals surface area contributed by atoms with Crippen LogP contribution in [-0.2, 0) is 0 Å². The highest BCUT2D eigenvalue weighted by Gasteiger charge is 2.41. The van der Waals surface area contributed by atoms with Gasteiger partial charge in [-0.25, -0.2) is 0 Å². The van der Waals surface area contributed by atoms with Gasteiger partial charge >= 0.3 is 0 Å². The number of nitrogens with zero attached hydrogens (tertiary/aromatic N) is 3. The number of aliphatic imine (C=N–C) groups is 1. The highest BCUT2D eigenvalue weighted by atomic mass is 15.3. The van der Waals surface area contributed by atoms with Crippen LogP contribution in [0.15, 0.2) is 4.99 Å². The van der Waals surface area contributed by atoms with Crippen molar-refractivity contribution in [1.29, 1.82) is 0 Å². The van der Waals surface area contributed by atoms with Crippen LogP contribution in [0.5, 0.6) is 0 Å². The number of hydrogen-bond donors (Lipinski definition) is 1. The third-order valence-corrected chi connectivity index (χ3v) is 5.56. The largest absolute Gasteiger partial charge is 0.357 e. The summed E-state index contributed by atoms with van der Waals surface area (Å²) in [5.74, 6) is 1.12. The minimum atomic E-state index is 0.103. The van der Waals surface area contributed by atoms with E-state index in [9.17, 15) is 0 Å². The average Bonchev–Trinajstić information content (AvgIpc) is 3.05. The number of hydrogen-bond acceptors (Lipinski definition) is 2. The summed E-state index contributed by atoms with van der Waals surface area (Å²) in [6.45, 7) is 10.8. The van der Waals surface area contributed by atoms with E-state index in [4.69, 9.17) is 4.99 Å². The topological polar surface area (TPSA) is 30.9 Å². The monoisotopic (exact) mass is 294 g/mol. The molecule has 21 heavy (non-hydrogen) atoms. The van der Waals surface area contributed by atoms with Crippen molar-refractivity contribution in [2.45, 2.75) is 58.4 Å². The van der Waals surface area contributed by atoms with Crippen LogP contribution in [0.3, 0.4) is 0 Å². The molecule has 1 aliphatic carbocycles. The molecule has 0 aromatic carbocycles. The van der Waals surface area contributed by atoms with E-state index in [2.05, 4.69) is 50.0 Å². The molecule has 1 spiro atoms. The molecular formula is C17H34N4. The molecule has 0 unspecified atom stereocenters. The molecule has 0 atom stereocenters. The molecule has 2 rings (SSSR count). The summed E-state index contributed by atoms with van der Waals surface area (Å²) in [6, 6.07) is 0. The number of nitrogens with one attached hydrogen (secondary N) is 1. The standard InChI is InChI=1S/C17H34N4/c1-6-18-15(19-13-16(2,3)20(4)5)21-12-11-17(14-21)9-7-8-10-17/h6-14H2,1-5H3,(H,18,19). The summed E-state index contributed by atoms with van der Waals surface area (Å²) < 4.78 is 0. The lowest BCUT2D eigenvalue weighted by Crippen LogP contribution is -2.45. The van der Waals surface area contributed by atoms with Gasteiger partial charge in [-0.3, -0.25) is 4.99 Å². The smallest absolute Gasteiger partial charge is 0.193 e. The molecule has 4 nitrogen and oxygen atoms in total.